The van der Waals surface area contributed by atoms with Gasteiger partial charge >= 0.3 is 0 Å². The smallest absolute Gasteiger partial charge is 0.232 e. The number of hydrogen-bond donors (Lipinski definition) is 1. The second kappa shape index (κ2) is 6.12. The average Bonchev–Trinajstić information content (AvgIpc) is 2.19. The SMILES string of the molecule is CC(=O)NC(=O)Cc1ncc(Br)cc1C(C)Cl. The molecule has 17 heavy (non-hydrogen) atoms. The summed E-state index contributed by atoms with van der Waals surface area (Å²) in [6, 6.07) is 1.82. The summed E-state index contributed by atoms with van der Waals surface area (Å²) in [6.07, 6.45) is 1.64. The molecule has 1 aromatic rings. The molecular weight excluding hydrogens is 307 g/mol. The van der Waals surface area contributed by atoms with E-state index >= 15 is 0 Å². The van der Waals surface area contributed by atoms with E-state index in [1.165, 1.54) is 6.92 Å². The summed E-state index contributed by atoms with van der Waals surface area (Å²) in [4.78, 5) is 26.3. The van der Waals surface area contributed by atoms with Crippen LogP contribution in [-0.2, 0) is 16.0 Å². The summed E-state index contributed by atoms with van der Waals surface area (Å²) in [7, 11) is 0. The standard InChI is InChI=1S/C11H12BrClN2O2/c1-6(13)9-3-8(12)5-14-10(9)4-11(17)15-7(2)16/h3,5-6H,4H2,1-2H3,(H,15,16,17). The number of nitrogens with zero attached hydrogens (tertiary/aromatic N) is 1. The maximum Gasteiger partial charge on any atom is 0.232 e. The summed E-state index contributed by atoms with van der Waals surface area (Å²) >= 11 is 9.31. The molecule has 0 aliphatic carbocycles. The summed E-state index contributed by atoms with van der Waals surface area (Å²) in [5.41, 5.74) is 1.36. The first kappa shape index (κ1) is 14.1. The third kappa shape index (κ3) is 4.44. The highest BCUT2D eigenvalue weighted by atomic mass is 79.9. The van der Waals surface area contributed by atoms with Gasteiger partial charge in [0.05, 0.1) is 17.5 Å². The largest absolute Gasteiger partial charge is 0.296 e. The predicted octanol–water partition coefficient (Wildman–Crippen LogP) is 2.35. The molecule has 0 spiro atoms. The van der Waals surface area contributed by atoms with Crippen molar-refractivity contribution in [1.29, 1.82) is 0 Å². The van der Waals surface area contributed by atoms with Gasteiger partial charge in [0.25, 0.3) is 0 Å². The zero-order chi connectivity index (χ0) is 13.0. The third-order valence-electron chi connectivity index (χ3n) is 2.04. The number of carbonyl (C=O) groups is 2. The van der Waals surface area contributed by atoms with Crippen LogP contribution in [-0.4, -0.2) is 16.8 Å². The fourth-order valence-corrected chi connectivity index (χ4v) is 1.91. The van der Waals surface area contributed by atoms with Crippen LogP contribution < -0.4 is 5.32 Å². The molecule has 1 N–H and O–H groups in total. The van der Waals surface area contributed by atoms with Gasteiger partial charge in [-0.3, -0.25) is 19.9 Å². The van der Waals surface area contributed by atoms with E-state index in [9.17, 15) is 9.59 Å². The molecule has 4 nitrogen and oxygen atoms in total. The molecule has 1 heterocycles. The van der Waals surface area contributed by atoms with Gasteiger partial charge in [0, 0.05) is 17.6 Å². The maximum absolute atomic E-state index is 11.5. The summed E-state index contributed by atoms with van der Waals surface area (Å²) in [5, 5.41) is 1.95. The van der Waals surface area contributed by atoms with Crippen molar-refractivity contribution >= 4 is 39.3 Å². The molecule has 0 radical (unpaired) electrons. The van der Waals surface area contributed by atoms with Crippen LogP contribution in [0.1, 0.15) is 30.5 Å². The Bertz CT molecular complexity index is 449. The highest BCUT2D eigenvalue weighted by molar-refractivity contribution is 9.10. The van der Waals surface area contributed by atoms with Gasteiger partial charge in [0.15, 0.2) is 0 Å². The molecule has 0 aromatic carbocycles. The van der Waals surface area contributed by atoms with Gasteiger partial charge in [-0.2, -0.15) is 0 Å². The lowest BCUT2D eigenvalue weighted by molar-refractivity contribution is -0.128. The first-order valence-corrected chi connectivity index (χ1v) is 6.22. The van der Waals surface area contributed by atoms with Crippen molar-refractivity contribution in [3.05, 3.63) is 28.0 Å². The number of rotatable bonds is 3. The van der Waals surface area contributed by atoms with E-state index < -0.39 is 0 Å². The molecule has 0 fully saturated rings. The van der Waals surface area contributed by atoms with E-state index in [-0.39, 0.29) is 23.6 Å². The third-order valence-corrected chi connectivity index (χ3v) is 2.71. The van der Waals surface area contributed by atoms with Crippen LogP contribution in [0.4, 0.5) is 0 Å². The van der Waals surface area contributed by atoms with Gasteiger partial charge in [-0.05, 0) is 34.5 Å². The summed E-state index contributed by atoms with van der Waals surface area (Å²) < 4.78 is 0.802. The van der Waals surface area contributed by atoms with Crippen molar-refractivity contribution in [3.63, 3.8) is 0 Å². The summed E-state index contributed by atoms with van der Waals surface area (Å²) in [5.74, 6) is -0.765. The van der Waals surface area contributed by atoms with Crippen molar-refractivity contribution in [2.75, 3.05) is 0 Å². The molecule has 1 atom stereocenters. The van der Waals surface area contributed by atoms with Crippen molar-refractivity contribution in [2.24, 2.45) is 0 Å². The molecule has 0 saturated heterocycles. The number of nitrogens with one attached hydrogen (secondary N) is 1. The molecule has 0 bridgehead atoms. The maximum atomic E-state index is 11.5. The minimum Gasteiger partial charge on any atom is -0.296 e. The number of halogens is 2. The molecule has 1 rings (SSSR count). The highest BCUT2D eigenvalue weighted by Gasteiger charge is 2.14. The second-order valence-corrected chi connectivity index (χ2v) is 5.16. The fourth-order valence-electron chi connectivity index (χ4n) is 1.37. The Morgan fingerprint density at radius 1 is 1.59 bits per heavy atom. The monoisotopic (exact) mass is 318 g/mol. The number of aromatic nitrogens is 1. The van der Waals surface area contributed by atoms with Gasteiger partial charge in [-0.15, -0.1) is 11.6 Å². The van der Waals surface area contributed by atoms with Crippen molar-refractivity contribution in [3.8, 4) is 0 Å². The molecule has 0 aliphatic heterocycles. The van der Waals surface area contributed by atoms with E-state index in [0.29, 0.717) is 5.69 Å². The van der Waals surface area contributed by atoms with Crippen molar-refractivity contribution < 1.29 is 9.59 Å². The van der Waals surface area contributed by atoms with Crippen LogP contribution >= 0.6 is 27.5 Å². The van der Waals surface area contributed by atoms with E-state index in [0.717, 1.165) is 10.0 Å². The molecule has 2 amide bonds. The number of pyridine rings is 1. The van der Waals surface area contributed by atoms with Gasteiger partial charge < -0.3 is 0 Å². The fraction of sp³-hybridized carbons (Fsp3) is 0.364. The van der Waals surface area contributed by atoms with Crippen LogP contribution in [0, 0.1) is 0 Å². The Kier molecular flexibility index (Phi) is 5.08. The van der Waals surface area contributed by atoms with Crippen LogP contribution in [0.5, 0.6) is 0 Å². The van der Waals surface area contributed by atoms with Crippen molar-refractivity contribution in [2.45, 2.75) is 25.6 Å². The second-order valence-electron chi connectivity index (χ2n) is 3.59. The number of carbonyl (C=O) groups excluding carboxylic acids is 2. The van der Waals surface area contributed by atoms with E-state index in [1.54, 1.807) is 13.1 Å². The molecule has 1 aromatic heterocycles. The number of amides is 2. The Morgan fingerprint density at radius 2 is 2.24 bits per heavy atom. The molecule has 1 unspecified atom stereocenters. The average molecular weight is 320 g/mol. The Hall–Kier alpha value is -0.940. The van der Waals surface area contributed by atoms with Crippen molar-refractivity contribution in [1.82, 2.24) is 10.3 Å². The first-order valence-electron chi connectivity index (χ1n) is 4.99. The van der Waals surface area contributed by atoms with Crippen LogP contribution in [0.15, 0.2) is 16.7 Å². The zero-order valence-electron chi connectivity index (χ0n) is 9.46. The number of hydrogen-bond acceptors (Lipinski definition) is 3. The minimum absolute atomic E-state index is 0.0409. The highest BCUT2D eigenvalue weighted by Crippen LogP contribution is 2.25. The van der Waals surface area contributed by atoms with E-state index in [1.807, 2.05) is 6.07 Å². The predicted molar refractivity (Wildman–Crippen MR) is 68.7 cm³/mol. The molecule has 92 valence electrons. The Morgan fingerprint density at radius 3 is 2.76 bits per heavy atom. The topological polar surface area (TPSA) is 59.1 Å². The van der Waals surface area contributed by atoms with Gasteiger partial charge in [0.2, 0.25) is 11.8 Å². The molecular formula is C11H12BrClN2O2. The normalized spacial score (nSPS) is 12.0. The lowest BCUT2D eigenvalue weighted by Gasteiger charge is -2.10. The van der Waals surface area contributed by atoms with Crippen LogP contribution in [0.3, 0.4) is 0 Å². The molecule has 0 saturated carbocycles. The van der Waals surface area contributed by atoms with E-state index in [2.05, 4.69) is 26.2 Å². The summed E-state index contributed by atoms with van der Waals surface area (Å²) in [6.45, 7) is 3.09. The van der Waals surface area contributed by atoms with Crippen LogP contribution in [0.2, 0.25) is 0 Å². The first-order chi connectivity index (χ1) is 7.90. The van der Waals surface area contributed by atoms with Gasteiger partial charge in [0.1, 0.15) is 0 Å². The quantitative estimate of drug-likeness (QED) is 0.870. The molecule has 0 aliphatic rings. The number of alkyl halides is 1. The number of imide groups is 1. The van der Waals surface area contributed by atoms with E-state index in [4.69, 9.17) is 11.6 Å². The zero-order valence-corrected chi connectivity index (χ0v) is 11.8. The lowest BCUT2D eigenvalue weighted by Crippen LogP contribution is -2.30. The van der Waals surface area contributed by atoms with Crippen LogP contribution in [0.25, 0.3) is 0 Å². The Labute approximate surface area is 113 Å². The Balaban J connectivity index is 2.90. The molecule has 6 heteroatoms. The lowest BCUT2D eigenvalue weighted by atomic mass is 10.1. The minimum atomic E-state index is -0.383. The van der Waals surface area contributed by atoms with Gasteiger partial charge in [-0.25, -0.2) is 0 Å². The van der Waals surface area contributed by atoms with Gasteiger partial charge in [-0.1, -0.05) is 0 Å².